The van der Waals surface area contributed by atoms with Gasteiger partial charge in [-0.3, -0.25) is 0 Å². The Kier molecular flexibility index (Phi) is 5.08. The molecule has 0 aromatic rings. The monoisotopic (exact) mass is 116 g/mol. The topological polar surface area (TPSA) is 9.23 Å². The number of hydrogen-bond acceptors (Lipinski definition) is 1. The molecule has 0 aromatic heterocycles. The molecular formula is C7H16O. The first-order valence-corrected chi connectivity index (χ1v) is 3.42. The molecular weight excluding hydrogens is 100 g/mol. The summed E-state index contributed by atoms with van der Waals surface area (Å²) in [6, 6.07) is 0. The molecule has 0 spiro atoms. The molecule has 0 aliphatic rings. The number of hydrogen-bond donors (Lipinski definition) is 0. The van der Waals surface area contributed by atoms with Gasteiger partial charge in [0, 0.05) is 6.61 Å². The average molecular weight is 116 g/mol. The van der Waals surface area contributed by atoms with E-state index in [0.717, 1.165) is 6.61 Å². The van der Waals surface area contributed by atoms with E-state index < -0.39 is 0 Å². The maximum absolute atomic E-state index is 5.28. The van der Waals surface area contributed by atoms with Gasteiger partial charge in [-0.25, -0.2) is 0 Å². The van der Waals surface area contributed by atoms with E-state index in [1.807, 2.05) is 6.92 Å². The SMILES string of the molecule is CCC[C@@H](C)OCC. The van der Waals surface area contributed by atoms with Crippen molar-refractivity contribution in [2.45, 2.75) is 39.7 Å². The van der Waals surface area contributed by atoms with Crippen molar-refractivity contribution in [3.05, 3.63) is 0 Å². The van der Waals surface area contributed by atoms with Crippen LogP contribution in [-0.4, -0.2) is 12.7 Å². The Morgan fingerprint density at radius 2 is 2.00 bits per heavy atom. The van der Waals surface area contributed by atoms with Crippen molar-refractivity contribution in [2.24, 2.45) is 0 Å². The van der Waals surface area contributed by atoms with Crippen molar-refractivity contribution in [3.63, 3.8) is 0 Å². The van der Waals surface area contributed by atoms with Crippen molar-refractivity contribution in [1.82, 2.24) is 0 Å². The first kappa shape index (κ1) is 7.96. The highest BCUT2D eigenvalue weighted by atomic mass is 16.5. The molecule has 1 nitrogen and oxygen atoms in total. The molecule has 0 aliphatic heterocycles. The number of rotatable bonds is 4. The van der Waals surface area contributed by atoms with Crippen LogP contribution >= 0.6 is 0 Å². The summed E-state index contributed by atoms with van der Waals surface area (Å²) in [6.45, 7) is 7.18. The van der Waals surface area contributed by atoms with Crippen LogP contribution in [0.3, 0.4) is 0 Å². The minimum atomic E-state index is 0.463. The van der Waals surface area contributed by atoms with E-state index in [1.54, 1.807) is 0 Å². The van der Waals surface area contributed by atoms with E-state index in [1.165, 1.54) is 12.8 Å². The van der Waals surface area contributed by atoms with Crippen molar-refractivity contribution in [3.8, 4) is 0 Å². The van der Waals surface area contributed by atoms with Gasteiger partial charge in [-0.05, 0) is 20.3 Å². The van der Waals surface area contributed by atoms with Crippen LogP contribution in [0.4, 0.5) is 0 Å². The zero-order valence-electron chi connectivity index (χ0n) is 6.11. The Labute approximate surface area is 52.0 Å². The molecule has 0 radical (unpaired) electrons. The normalized spacial score (nSPS) is 13.9. The van der Waals surface area contributed by atoms with Gasteiger partial charge in [-0.15, -0.1) is 0 Å². The van der Waals surface area contributed by atoms with Gasteiger partial charge in [-0.1, -0.05) is 13.3 Å². The van der Waals surface area contributed by atoms with Crippen LogP contribution < -0.4 is 0 Å². The van der Waals surface area contributed by atoms with Gasteiger partial charge in [0.05, 0.1) is 6.10 Å². The summed E-state index contributed by atoms with van der Waals surface area (Å²) in [5, 5.41) is 0. The van der Waals surface area contributed by atoms with Crippen LogP contribution in [0.1, 0.15) is 33.6 Å². The standard InChI is InChI=1S/C7H16O/c1-4-6-7(3)8-5-2/h7H,4-6H2,1-3H3/t7-/m1/s1. The second kappa shape index (κ2) is 5.10. The van der Waals surface area contributed by atoms with Crippen molar-refractivity contribution in [2.75, 3.05) is 6.61 Å². The van der Waals surface area contributed by atoms with Gasteiger partial charge < -0.3 is 4.74 Å². The van der Waals surface area contributed by atoms with Crippen molar-refractivity contribution in [1.29, 1.82) is 0 Å². The minimum absolute atomic E-state index is 0.463. The lowest BCUT2D eigenvalue weighted by atomic mass is 10.2. The van der Waals surface area contributed by atoms with Crippen LogP contribution in [0.25, 0.3) is 0 Å². The Morgan fingerprint density at radius 3 is 2.38 bits per heavy atom. The highest BCUT2D eigenvalue weighted by Gasteiger charge is 1.95. The molecule has 0 bridgehead atoms. The minimum Gasteiger partial charge on any atom is -0.379 e. The van der Waals surface area contributed by atoms with Crippen LogP contribution in [0.15, 0.2) is 0 Å². The van der Waals surface area contributed by atoms with Crippen LogP contribution in [0.2, 0.25) is 0 Å². The molecule has 0 saturated heterocycles. The largest absolute Gasteiger partial charge is 0.379 e. The van der Waals surface area contributed by atoms with Gasteiger partial charge in [0.2, 0.25) is 0 Å². The van der Waals surface area contributed by atoms with Crippen LogP contribution in [0.5, 0.6) is 0 Å². The summed E-state index contributed by atoms with van der Waals surface area (Å²) in [4.78, 5) is 0. The van der Waals surface area contributed by atoms with E-state index in [-0.39, 0.29) is 0 Å². The average Bonchev–Trinajstić information content (AvgIpc) is 1.68. The second-order valence-corrected chi connectivity index (χ2v) is 2.05. The molecule has 0 aliphatic carbocycles. The van der Waals surface area contributed by atoms with Crippen molar-refractivity contribution >= 4 is 0 Å². The van der Waals surface area contributed by atoms with E-state index in [2.05, 4.69) is 13.8 Å². The molecule has 0 aromatic carbocycles. The molecule has 0 saturated carbocycles. The first-order valence-electron chi connectivity index (χ1n) is 3.42. The predicted molar refractivity (Wildman–Crippen MR) is 36.0 cm³/mol. The molecule has 1 heteroatoms. The lowest BCUT2D eigenvalue weighted by Crippen LogP contribution is -2.06. The third-order valence-corrected chi connectivity index (χ3v) is 1.15. The van der Waals surface area contributed by atoms with Crippen molar-refractivity contribution < 1.29 is 4.74 Å². The Balaban J connectivity index is 2.92. The first-order chi connectivity index (χ1) is 3.81. The van der Waals surface area contributed by atoms with Crippen LogP contribution in [-0.2, 0) is 4.74 Å². The fourth-order valence-corrected chi connectivity index (χ4v) is 0.774. The molecule has 0 N–H and O–H groups in total. The molecule has 0 unspecified atom stereocenters. The summed E-state index contributed by atoms with van der Waals surface area (Å²) in [7, 11) is 0. The zero-order chi connectivity index (χ0) is 6.41. The fourth-order valence-electron chi connectivity index (χ4n) is 0.774. The van der Waals surface area contributed by atoms with Gasteiger partial charge in [0.25, 0.3) is 0 Å². The predicted octanol–water partition coefficient (Wildman–Crippen LogP) is 2.21. The van der Waals surface area contributed by atoms with E-state index in [4.69, 9.17) is 4.74 Å². The summed E-state index contributed by atoms with van der Waals surface area (Å²) in [5.74, 6) is 0. The fraction of sp³-hybridized carbons (Fsp3) is 1.00. The summed E-state index contributed by atoms with van der Waals surface area (Å²) >= 11 is 0. The van der Waals surface area contributed by atoms with E-state index in [9.17, 15) is 0 Å². The van der Waals surface area contributed by atoms with Crippen LogP contribution in [0, 0.1) is 0 Å². The molecule has 0 amide bonds. The van der Waals surface area contributed by atoms with Gasteiger partial charge in [-0.2, -0.15) is 0 Å². The van der Waals surface area contributed by atoms with Gasteiger partial charge >= 0.3 is 0 Å². The maximum atomic E-state index is 5.28. The molecule has 50 valence electrons. The van der Waals surface area contributed by atoms with Gasteiger partial charge in [0.15, 0.2) is 0 Å². The quantitative estimate of drug-likeness (QED) is 0.547. The van der Waals surface area contributed by atoms with E-state index >= 15 is 0 Å². The highest BCUT2D eigenvalue weighted by Crippen LogP contribution is 1.98. The summed E-state index contributed by atoms with van der Waals surface area (Å²) in [6.07, 6.45) is 2.87. The second-order valence-electron chi connectivity index (χ2n) is 2.05. The number of ether oxygens (including phenoxy) is 1. The maximum Gasteiger partial charge on any atom is 0.0546 e. The molecule has 0 fully saturated rings. The summed E-state index contributed by atoms with van der Waals surface area (Å²) in [5.41, 5.74) is 0. The van der Waals surface area contributed by atoms with Gasteiger partial charge in [0.1, 0.15) is 0 Å². The smallest absolute Gasteiger partial charge is 0.0546 e. The summed E-state index contributed by atoms with van der Waals surface area (Å²) < 4.78 is 5.28. The molecule has 0 rings (SSSR count). The molecule has 1 atom stereocenters. The molecule has 8 heavy (non-hydrogen) atoms. The Morgan fingerprint density at radius 1 is 1.38 bits per heavy atom. The lowest BCUT2D eigenvalue weighted by Gasteiger charge is -2.08. The third-order valence-electron chi connectivity index (χ3n) is 1.15. The highest BCUT2D eigenvalue weighted by molar-refractivity contribution is 4.45. The molecule has 0 heterocycles. The Hall–Kier alpha value is -0.0400. The zero-order valence-corrected chi connectivity index (χ0v) is 6.11. The third kappa shape index (κ3) is 4.13. The van der Waals surface area contributed by atoms with E-state index in [0.29, 0.717) is 6.10 Å². The Bertz CT molecular complexity index is 37.7. The lowest BCUT2D eigenvalue weighted by molar-refractivity contribution is 0.0699.